The van der Waals surface area contributed by atoms with Crippen molar-refractivity contribution in [3.8, 4) is 16.9 Å². The number of fused-ring (bicyclic) bond motifs is 1. The molecule has 0 amide bonds. The van der Waals surface area contributed by atoms with Gasteiger partial charge >= 0.3 is 6.11 Å². The number of hydrogen-bond acceptors (Lipinski definition) is 1. The highest BCUT2D eigenvalue weighted by Crippen LogP contribution is 2.39. The van der Waals surface area contributed by atoms with Crippen molar-refractivity contribution in [3.63, 3.8) is 0 Å². The monoisotopic (exact) mass is 492 g/mol. The first kappa shape index (κ1) is 24.6. The molecule has 8 heteroatoms. The Balaban J connectivity index is 1.76. The maximum absolute atomic E-state index is 14.9. The molecule has 0 bridgehead atoms. The van der Waals surface area contributed by atoms with E-state index in [1.807, 2.05) is 6.92 Å². The lowest BCUT2D eigenvalue weighted by Crippen LogP contribution is -2.25. The molecular formula is C27H19F7O. The van der Waals surface area contributed by atoms with Crippen molar-refractivity contribution < 1.29 is 35.5 Å². The predicted octanol–water partition coefficient (Wildman–Crippen LogP) is 8.56. The van der Waals surface area contributed by atoms with Crippen LogP contribution in [0.1, 0.15) is 27.8 Å². The van der Waals surface area contributed by atoms with Crippen molar-refractivity contribution >= 4 is 10.8 Å². The van der Waals surface area contributed by atoms with Crippen LogP contribution in [0.15, 0.2) is 42.5 Å². The van der Waals surface area contributed by atoms with Crippen LogP contribution in [-0.2, 0) is 6.11 Å². The molecule has 0 saturated carbocycles. The summed E-state index contributed by atoms with van der Waals surface area (Å²) in [5.74, 6) is -7.84. The standard InChI is InChI=1S/C27H19F7O/c1-12-7-13(2)22(14(3)8-12)16-9-20(28)23(21(29)10-16)27(33,34)35-17-5-6-18-19(11-17)26(32)25(31)15(4)24(18)30/h5-11H,1-4H3. The molecule has 0 saturated heterocycles. The second-order valence-electron chi connectivity index (χ2n) is 8.48. The van der Waals surface area contributed by atoms with Gasteiger partial charge in [0.2, 0.25) is 0 Å². The molecule has 4 aromatic carbocycles. The van der Waals surface area contributed by atoms with Crippen LogP contribution >= 0.6 is 0 Å². The van der Waals surface area contributed by atoms with Crippen molar-refractivity contribution in [2.75, 3.05) is 0 Å². The fourth-order valence-electron chi connectivity index (χ4n) is 4.37. The fraction of sp³-hybridized carbons (Fsp3) is 0.185. The second kappa shape index (κ2) is 8.59. The molecule has 0 fully saturated rings. The Morgan fingerprint density at radius 3 is 1.80 bits per heavy atom. The van der Waals surface area contributed by atoms with E-state index in [0.29, 0.717) is 22.8 Å². The van der Waals surface area contributed by atoms with Crippen LogP contribution in [0, 0.1) is 56.8 Å². The third-order valence-corrected chi connectivity index (χ3v) is 5.86. The number of rotatable bonds is 4. The number of hydrogen-bond donors (Lipinski definition) is 0. The number of ether oxygens (including phenoxy) is 1. The van der Waals surface area contributed by atoms with Crippen molar-refractivity contribution in [2.45, 2.75) is 33.8 Å². The molecular weight excluding hydrogens is 473 g/mol. The van der Waals surface area contributed by atoms with E-state index in [1.54, 1.807) is 26.0 Å². The van der Waals surface area contributed by atoms with Gasteiger partial charge in [-0.15, -0.1) is 0 Å². The highest BCUT2D eigenvalue weighted by atomic mass is 19.3. The van der Waals surface area contributed by atoms with Gasteiger partial charge < -0.3 is 4.74 Å². The summed E-state index contributed by atoms with van der Waals surface area (Å²) in [6.07, 6.45) is -4.52. The lowest BCUT2D eigenvalue weighted by Gasteiger charge is -2.21. The van der Waals surface area contributed by atoms with Gasteiger partial charge in [0.25, 0.3) is 0 Å². The van der Waals surface area contributed by atoms with Gasteiger partial charge in [-0.1, -0.05) is 17.7 Å². The lowest BCUT2D eigenvalue weighted by atomic mass is 9.93. The highest BCUT2D eigenvalue weighted by molar-refractivity contribution is 5.86. The molecule has 182 valence electrons. The first-order chi connectivity index (χ1) is 16.3. The molecule has 0 heterocycles. The summed E-state index contributed by atoms with van der Waals surface area (Å²) in [6.45, 7) is 6.36. The van der Waals surface area contributed by atoms with E-state index in [2.05, 4.69) is 4.74 Å². The summed E-state index contributed by atoms with van der Waals surface area (Å²) >= 11 is 0. The van der Waals surface area contributed by atoms with E-state index in [9.17, 15) is 30.7 Å². The van der Waals surface area contributed by atoms with Gasteiger partial charge in [0.1, 0.15) is 28.8 Å². The average Bonchev–Trinajstić information content (AvgIpc) is 2.74. The minimum Gasteiger partial charge on any atom is -0.429 e. The molecule has 1 nitrogen and oxygen atoms in total. The van der Waals surface area contributed by atoms with Gasteiger partial charge in [0, 0.05) is 16.3 Å². The Morgan fingerprint density at radius 1 is 0.657 bits per heavy atom. The minimum absolute atomic E-state index is 0.0728. The van der Waals surface area contributed by atoms with Gasteiger partial charge in [0.05, 0.1) is 0 Å². The highest BCUT2D eigenvalue weighted by Gasteiger charge is 2.41. The Labute approximate surface area is 196 Å². The molecule has 0 unspecified atom stereocenters. The molecule has 0 spiro atoms. The summed E-state index contributed by atoms with van der Waals surface area (Å²) in [5, 5.41) is -1.01. The Hall–Kier alpha value is -3.55. The van der Waals surface area contributed by atoms with Crippen molar-refractivity contribution in [1.82, 2.24) is 0 Å². The van der Waals surface area contributed by atoms with E-state index in [4.69, 9.17) is 0 Å². The molecule has 0 radical (unpaired) electrons. The van der Waals surface area contributed by atoms with Gasteiger partial charge in [-0.2, -0.15) is 8.78 Å². The molecule has 35 heavy (non-hydrogen) atoms. The van der Waals surface area contributed by atoms with Crippen molar-refractivity contribution in [1.29, 1.82) is 0 Å². The number of aryl methyl sites for hydroxylation is 3. The van der Waals surface area contributed by atoms with E-state index in [0.717, 1.165) is 36.8 Å². The molecule has 0 atom stereocenters. The van der Waals surface area contributed by atoms with E-state index >= 15 is 0 Å². The average molecular weight is 492 g/mol. The molecule has 0 aromatic heterocycles. The molecule has 0 aliphatic rings. The van der Waals surface area contributed by atoms with Gasteiger partial charge in [-0.05, 0) is 80.3 Å². The van der Waals surface area contributed by atoms with Crippen LogP contribution in [0.25, 0.3) is 21.9 Å². The third-order valence-electron chi connectivity index (χ3n) is 5.86. The zero-order valence-electron chi connectivity index (χ0n) is 19.1. The maximum Gasteiger partial charge on any atom is 0.432 e. The topological polar surface area (TPSA) is 9.23 Å². The van der Waals surface area contributed by atoms with Gasteiger partial charge in [-0.25, -0.2) is 22.0 Å². The number of alkyl halides is 2. The van der Waals surface area contributed by atoms with Crippen LogP contribution in [0.3, 0.4) is 0 Å². The van der Waals surface area contributed by atoms with Crippen LogP contribution in [0.5, 0.6) is 5.75 Å². The number of halogens is 7. The summed E-state index contributed by atoms with van der Waals surface area (Å²) in [4.78, 5) is 0. The van der Waals surface area contributed by atoms with E-state index < -0.39 is 57.5 Å². The largest absolute Gasteiger partial charge is 0.432 e. The van der Waals surface area contributed by atoms with E-state index in [1.165, 1.54) is 0 Å². The molecule has 0 N–H and O–H groups in total. The first-order valence-electron chi connectivity index (χ1n) is 10.5. The Bertz CT molecular complexity index is 1450. The molecule has 4 aromatic rings. The van der Waals surface area contributed by atoms with Crippen molar-refractivity contribution in [2.24, 2.45) is 0 Å². The normalized spacial score (nSPS) is 11.9. The van der Waals surface area contributed by atoms with Crippen LogP contribution < -0.4 is 4.74 Å². The summed E-state index contributed by atoms with van der Waals surface area (Å²) in [5.41, 5.74) is 0.720. The molecule has 4 rings (SSSR count). The second-order valence-corrected chi connectivity index (χ2v) is 8.48. The predicted molar refractivity (Wildman–Crippen MR) is 119 cm³/mol. The summed E-state index contributed by atoms with van der Waals surface area (Å²) in [6, 6.07) is 7.62. The van der Waals surface area contributed by atoms with Crippen molar-refractivity contribution in [3.05, 3.63) is 99.4 Å². The van der Waals surface area contributed by atoms with Gasteiger partial charge in [0.15, 0.2) is 11.6 Å². The fourth-order valence-corrected chi connectivity index (χ4v) is 4.37. The summed E-state index contributed by atoms with van der Waals surface area (Å²) in [7, 11) is 0. The maximum atomic E-state index is 14.9. The zero-order chi connectivity index (χ0) is 25.8. The zero-order valence-corrected chi connectivity index (χ0v) is 19.1. The van der Waals surface area contributed by atoms with Crippen LogP contribution in [-0.4, -0.2) is 0 Å². The van der Waals surface area contributed by atoms with Gasteiger partial charge in [-0.3, -0.25) is 0 Å². The lowest BCUT2D eigenvalue weighted by molar-refractivity contribution is -0.189. The molecule has 0 aliphatic heterocycles. The summed E-state index contributed by atoms with van der Waals surface area (Å²) < 4.78 is 106. The Kier molecular flexibility index (Phi) is 6.03. The minimum atomic E-state index is -4.52. The van der Waals surface area contributed by atoms with E-state index in [-0.39, 0.29) is 10.9 Å². The third kappa shape index (κ3) is 4.22. The number of benzene rings is 4. The Morgan fingerprint density at radius 2 is 1.23 bits per heavy atom. The SMILES string of the molecule is Cc1cc(C)c(-c2cc(F)c(C(F)(F)Oc3ccc4c(F)c(C)c(F)c(F)c4c3)c(F)c2)c(C)c1. The smallest absolute Gasteiger partial charge is 0.429 e. The quantitative estimate of drug-likeness (QED) is 0.205. The van der Waals surface area contributed by atoms with Crippen LogP contribution in [0.4, 0.5) is 30.7 Å². The molecule has 0 aliphatic carbocycles. The first-order valence-corrected chi connectivity index (χ1v) is 10.5. The van der Waals surface area contributed by atoms with Crippen LogP contribution in [0.2, 0.25) is 0 Å².